The van der Waals surface area contributed by atoms with Gasteiger partial charge in [-0.2, -0.15) is 8.42 Å². The molecule has 1 fully saturated rings. The lowest BCUT2D eigenvalue weighted by molar-refractivity contribution is -0.301. The van der Waals surface area contributed by atoms with E-state index < -0.39 is 59.8 Å². The lowest BCUT2D eigenvalue weighted by Gasteiger charge is -2.41. The first kappa shape index (κ1) is 58.8. The molecule has 1 heterocycles. The number of rotatable bonds is 42. The Morgan fingerprint density at radius 1 is 0.603 bits per heavy atom. The third-order valence-corrected chi connectivity index (χ3v) is 11.3. The second kappa shape index (κ2) is 41.2. The van der Waals surface area contributed by atoms with Crippen LogP contribution in [0.2, 0.25) is 0 Å². The van der Waals surface area contributed by atoms with Crippen LogP contribution < -0.4 is 0 Å². The van der Waals surface area contributed by atoms with Crippen LogP contribution in [0.4, 0.5) is 0 Å². The first-order valence-corrected chi connectivity index (χ1v) is 25.9. The molecule has 366 valence electrons. The SMILES string of the molecule is CCCC/C=C\C/C=C\CCCCCCCCOCC(COC1OC(CO)C(O)C(OS(=O)(=O)O)C1O)OC(=O)CCCCCCCC/C=C\C/C=C\C/C=C\CCCCCCC. The van der Waals surface area contributed by atoms with Crippen molar-refractivity contribution in [3.8, 4) is 0 Å². The average molecular weight is 913 g/mol. The first-order chi connectivity index (χ1) is 30.6. The van der Waals surface area contributed by atoms with Gasteiger partial charge < -0.3 is 34.3 Å². The summed E-state index contributed by atoms with van der Waals surface area (Å²) in [7, 11) is -5.07. The summed E-state index contributed by atoms with van der Waals surface area (Å²) in [6.45, 7) is 3.90. The van der Waals surface area contributed by atoms with Crippen LogP contribution in [0, 0.1) is 0 Å². The molecule has 0 saturated carbocycles. The van der Waals surface area contributed by atoms with Crippen molar-refractivity contribution in [2.45, 2.75) is 224 Å². The Kier molecular flexibility index (Phi) is 38.5. The maximum Gasteiger partial charge on any atom is 0.397 e. The highest BCUT2D eigenvalue weighted by atomic mass is 32.3. The summed E-state index contributed by atoms with van der Waals surface area (Å²) in [5.41, 5.74) is 0. The Morgan fingerprint density at radius 3 is 1.57 bits per heavy atom. The predicted octanol–water partition coefficient (Wildman–Crippen LogP) is 10.9. The van der Waals surface area contributed by atoms with Crippen molar-refractivity contribution in [3.05, 3.63) is 60.8 Å². The fraction of sp³-hybridized carbons (Fsp3) is 0.780. The smallest absolute Gasteiger partial charge is 0.397 e. The van der Waals surface area contributed by atoms with Gasteiger partial charge in [0.2, 0.25) is 0 Å². The summed E-state index contributed by atoms with van der Waals surface area (Å²) in [6, 6.07) is 0. The van der Waals surface area contributed by atoms with Gasteiger partial charge in [-0.15, -0.1) is 0 Å². The zero-order chi connectivity index (χ0) is 46.1. The molecule has 0 radical (unpaired) electrons. The minimum atomic E-state index is -5.07. The fourth-order valence-electron chi connectivity index (χ4n) is 7.11. The molecule has 6 unspecified atom stereocenters. The molecule has 6 atom stereocenters. The van der Waals surface area contributed by atoms with Crippen LogP contribution in [0.5, 0.6) is 0 Å². The van der Waals surface area contributed by atoms with Gasteiger partial charge in [0.15, 0.2) is 6.29 Å². The molecule has 0 aromatic carbocycles. The highest BCUT2D eigenvalue weighted by molar-refractivity contribution is 7.80. The second-order valence-electron chi connectivity index (χ2n) is 16.7. The number of carbonyl (C=O) groups excluding carboxylic acids is 1. The lowest BCUT2D eigenvalue weighted by atomic mass is 9.99. The van der Waals surface area contributed by atoms with Gasteiger partial charge in [-0.1, -0.05) is 164 Å². The standard InChI is InChI=1S/C50H88O12S/c1-3-5-7-9-11-13-15-17-19-20-21-22-23-24-25-27-29-31-33-35-37-39-46(52)60-44(43-59-50-48(54)49(62-63(55,56)57)47(53)45(41-51)61-50)42-58-40-38-36-34-32-30-28-26-18-16-14-12-10-8-6-4-2/h10,12,15-18,20-21,23-24,44-45,47-51,53-54H,3-9,11,13-14,19,22,25-43H2,1-2H3,(H,55,56,57)/b12-10-,17-15-,18-16-,21-20-,24-23-. The van der Waals surface area contributed by atoms with E-state index in [4.69, 9.17) is 18.9 Å². The Morgan fingerprint density at radius 2 is 1.06 bits per heavy atom. The van der Waals surface area contributed by atoms with Crippen LogP contribution in [0.15, 0.2) is 60.8 Å². The first-order valence-electron chi connectivity index (χ1n) is 24.5. The van der Waals surface area contributed by atoms with Gasteiger partial charge in [0.25, 0.3) is 0 Å². The number of aliphatic hydroxyl groups excluding tert-OH is 3. The van der Waals surface area contributed by atoms with E-state index in [0.29, 0.717) is 13.0 Å². The monoisotopic (exact) mass is 913 g/mol. The Labute approximate surface area is 382 Å². The van der Waals surface area contributed by atoms with E-state index in [2.05, 4.69) is 78.8 Å². The summed E-state index contributed by atoms with van der Waals surface area (Å²) in [4.78, 5) is 12.9. The van der Waals surface area contributed by atoms with Crippen LogP contribution in [-0.4, -0.2) is 97.5 Å². The number of carbonyl (C=O) groups is 1. The van der Waals surface area contributed by atoms with Gasteiger partial charge in [-0.05, 0) is 77.0 Å². The molecule has 1 saturated heterocycles. The van der Waals surface area contributed by atoms with Crippen LogP contribution in [0.1, 0.15) is 187 Å². The van der Waals surface area contributed by atoms with Crippen molar-refractivity contribution in [1.29, 1.82) is 0 Å². The van der Waals surface area contributed by atoms with Crippen molar-refractivity contribution in [2.75, 3.05) is 26.4 Å². The topological polar surface area (TPSA) is 178 Å². The van der Waals surface area contributed by atoms with Crippen LogP contribution in [0.3, 0.4) is 0 Å². The highest BCUT2D eigenvalue weighted by Crippen LogP contribution is 2.26. The van der Waals surface area contributed by atoms with Crippen molar-refractivity contribution in [2.24, 2.45) is 0 Å². The number of esters is 1. The predicted molar refractivity (Wildman–Crippen MR) is 253 cm³/mol. The molecule has 1 rings (SSSR count). The Balaban J connectivity index is 2.41. The molecule has 0 aromatic rings. The summed E-state index contributed by atoms with van der Waals surface area (Å²) in [6.07, 6.45) is 42.4. The van der Waals surface area contributed by atoms with Crippen molar-refractivity contribution in [3.63, 3.8) is 0 Å². The molecule has 4 N–H and O–H groups in total. The van der Waals surface area contributed by atoms with E-state index in [1.54, 1.807) is 0 Å². The number of hydrogen-bond donors (Lipinski definition) is 4. The molecule has 1 aliphatic heterocycles. The third-order valence-electron chi connectivity index (χ3n) is 10.9. The molecule has 0 spiro atoms. The number of hydrogen-bond acceptors (Lipinski definition) is 11. The van der Waals surface area contributed by atoms with Crippen molar-refractivity contribution < 1.29 is 56.2 Å². The van der Waals surface area contributed by atoms with E-state index >= 15 is 0 Å². The Hall–Kier alpha value is -2.20. The number of ether oxygens (including phenoxy) is 4. The van der Waals surface area contributed by atoms with Crippen LogP contribution >= 0.6 is 0 Å². The van der Waals surface area contributed by atoms with Gasteiger partial charge >= 0.3 is 16.4 Å². The maximum absolute atomic E-state index is 12.9. The van der Waals surface area contributed by atoms with Crippen LogP contribution in [-0.2, 0) is 38.3 Å². The molecule has 13 heteroatoms. The van der Waals surface area contributed by atoms with Gasteiger partial charge in [-0.25, -0.2) is 4.18 Å². The molecule has 0 amide bonds. The fourth-order valence-corrected chi connectivity index (χ4v) is 7.62. The molecular formula is C50H88O12S. The van der Waals surface area contributed by atoms with E-state index in [1.165, 1.54) is 64.2 Å². The summed E-state index contributed by atoms with van der Waals surface area (Å²) >= 11 is 0. The van der Waals surface area contributed by atoms with E-state index in [-0.39, 0.29) is 19.6 Å². The summed E-state index contributed by atoms with van der Waals surface area (Å²) < 4.78 is 59.1. The maximum atomic E-state index is 12.9. The van der Waals surface area contributed by atoms with Gasteiger partial charge in [0, 0.05) is 13.0 Å². The Bertz CT molecular complexity index is 1330. The zero-order valence-corrected chi connectivity index (χ0v) is 39.9. The molecule has 0 aromatic heterocycles. The quantitative estimate of drug-likeness (QED) is 0.0197. The average Bonchev–Trinajstić information content (AvgIpc) is 3.26. The minimum absolute atomic E-state index is 0.0209. The molecule has 0 bridgehead atoms. The van der Waals surface area contributed by atoms with Crippen molar-refractivity contribution in [1.82, 2.24) is 0 Å². The molecule has 63 heavy (non-hydrogen) atoms. The summed E-state index contributed by atoms with van der Waals surface area (Å²) in [5, 5.41) is 30.7. The number of allylic oxidation sites excluding steroid dienone is 10. The van der Waals surface area contributed by atoms with Gasteiger partial charge in [0.05, 0.1) is 19.8 Å². The van der Waals surface area contributed by atoms with Gasteiger partial charge in [-0.3, -0.25) is 9.35 Å². The lowest BCUT2D eigenvalue weighted by Crippen LogP contribution is -2.60. The molecule has 0 aliphatic carbocycles. The molecule has 12 nitrogen and oxygen atoms in total. The summed E-state index contributed by atoms with van der Waals surface area (Å²) in [5.74, 6) is -0.417. The largest absolute Gasteiger partial charge is 0.457 e. The number of unbranched alkanes of at least 4 members (excludes halogenated alkanes) is 19. The number of aliphatic hydroxyl groups is 3. The van der Waals surface area contributed by atoms with E-state index in [1.807, 2.05) is 0 Å². The van der Waals surface area contributed by atoms with E-state index in [0.717, 1.165) is 96.3 Å². The van der Waals surface area contributed by atoms with Crippen molar-refractivity contribution >= 4 is 16.4 Å². The van der Waals surface area contributed by atoms with Crippen LogP contribution in [0.25, 0.3) is 0 Å². The second-order valence-corrected chi connectivity index (χ2v) is 17.7. The van der Waals surface area contributed by atoms with Gasteiger partial charge in [0.1, 0.15) is 30.5 Å². The molecule has 1 aliphatic rings. The zero-order valence-electron chi connectivity index (χ0n) is 39.1. The molecular weight excluding hydrogens is 825 g/mol. The third kappa shape index (κ3) is 34.8. The van der Waals surface area contributed by atoms with E-state index in [9.17, 15) is 33.1 Å². The normalized spacial score (nSPS) is 20.4. The minimum Gasteiger partial charge on any atom is -0.457 e. The highest BCUT2D eigenvalue weighted by Gasteiger charge is 2.48.